The largest absolute Gasteiger partial charge is 0.390 e. The number of hydrogen-bond donors (Lipinski definition) is 5. The Bertz CT molecular complexity index is 836. The molecular formula is C16H21N3O6S2. The molecule has 1 aromatic heterocycles. The summed E-state index contributed by atoms with van der Waals surface area (Å²) in [6.07, 6.45) is -0.316. The van der Waals surface area contributed by atoms with Gasteiger partial charge in [0.25, 0.3) is 10.0 Å². The van der Waals surface area contributed by atoms with Crippen LogP contribution < -0.4 is 15.4 Å². The lowest BCUT2D eigenvalue weighted by molar-refractivity contribution is -0.129. The topological polar surface area (TPSA) is 145 Å². The second-order valence-electron chi connectivity index (χ2n) is 6.49. The van der Waals surface area contributed by atoms with Crippen molar-refractivity contribution in [2.75, 3.05) is 6.54 Å². The number of aliphatic hydroxyl groups excluding tert-OH is 2. The first-order chi connectivity index (χ1) is 12.8. The van der Waals surface area contributed by atoms with Crippen molar-refractivity contribution in [2.45, 2.75) is 47.8 Å². The van der Waals surface area contributed by atoms with Crippen LogP contribution in [0.5, 0.6) is 0 Å². The van der Waals surface area contributed by atoms with Gasteiger partial charge in [-0.05, 0) is 24.3 Å². The van der Waals surface area contributed by atoms with Crippen LogP contribution >= 0.6 is 11.3 Å². The highest BCUT2D eigenvalue weighted by Crippen LogP contribution is 2.23. The van der Waals surface area contributed by atoms with Crippen molar-refractivity contribution in [2.24, 2.45) is 0 Å². The molecule has 0 spiro atoms. The van der Waals surface area contributed by atoms with E-state index in [2.05, 4.69) is 15.4 Å². The minimum absolute atomic E-state index is 0.0630. The fourth-order valence-electron chi connectivity index (χ4n) is 3.06. The molecule has 1 aliphatic heterocycles. The van der Waals surface area contributed by atoms with E-state index >= 15 is 0 Å². The number of thiophene rings is 1. The zero-order valence-electron chi connectivity index (χ0n) is 14.3. The van der Waals surface area contributed by atoms with Crippen LogP contribution in [0.1, 0.15) is 19.3 Å². The maximum absolute atomic E-state index is 12.5. The third kappa shape index (κ3) is 4.55. The number of nitrogens with one attached hydrogen (secondary N) is 3. The Morgan fingerprint density at radius 3 is 2.78 bits per heavy atom. The summed E-state index contributed by atoms with van der Waals surface area (Å²) in [5.74, 6) is -0.843. The number of amides is 2. The van der Waals surface area contributed by atoms with Gasteiger partial charge in [0.2, 0.25) is 11.8 Å². The van der Waals surface area contributed by atoms with Crippen LogP contribution in [0.25, 0.3) is 0 Å². The number of hydrogen-bond acceptors (Lipinski definition) is 7. The quantitative estimate of drug-likeness (QED) is 0.410. The number of sulfonamides is 1. The number of rotatable bonds is 5. The van der Waals surface area contributed by atoms with Gasteiger partial charge in [0.05, 0.1) is 12.1 Å². The number of piperidine rings is 1. The molecule has 0 saturated carbocycles. The predicted molar refractivity (Wildman–Crippen MR) is 97.3 cm³/mol. The molecule has 5 N–H and O–H groups in total. The van der Waals surface area contributed by atoms with Crippen LogP contribution in [0.3, 0.4) is 0 Å². The smallest absolute Gasteiger partial charge is 0.250 e. The van der Waals surface area contributed by atoms with E-state index in [1.165, 1.54) is 12.1 Å². The summed E-state index contributed by atoms with van der Waals surface area (Å²) in [5, 5.41) is 27.1. The maximum Gasteiger partial charge on any atom is 0.250 e. The molecule has 3 rings (SSSR count). The molecule has 0 radical (unpaired) electrons. The fourth-order valence-corrected chi connectivity index (χ4v) is 5.26. The predicted octanol–water partition coefficient (Wildman–Crippen LogP) is -1.16. The molecular weight excluding hydrogens is 394 g/mol. The van der Waals surface area contributed by atoms with E-state index in [-0.39, 0.29) is 22.1 Å². The Morgan fingerprint density at radius 2 is 2.11 bits per heavy atom. The van der Waals surface area contributed by atoms with E-state index in [0.717, 1.165) is 17.8 Å². The SMILES string of the molecule is O=C(N[C@@H]1CCCNC1=O)C1=C[C@H](NS(=O)(=O)c2cccs2)[C@@H](O)[C@H](O)C1. The summed E-state index contributed by atoms with van der Waals surface area (Å²) in [6.45, 7) is 0.561. The Morgan fingerprint density at radius 1 is 1.33 bits per heavy atom. The maximum atomic E-state index is 12.5. The molecule has 27 heavy (non-hydrogen) atoms. The summed E-state index contributed by atoms with van der Waals surface area (Å²) in [7, 11) is -3.90. The van der Waals surface area contributed by atoms with Gasteiger partial charge in [0.1, 0.15) is 16.4 Å². The average molecular weight is 415 g/mol. The monoisotopic (exact) mass is 415 g/mol. The van der Waals surface area contributed by atoms with Gasteiger partial charge < -0.3 is 20.8 Å². The molecule has 0 bridgehead atoms. The lowest BCUT2D eigenvalue weighted by Crippen LogP contribution is -2.53. The number of carbonyl (C=O) groups is 2. The third-order valence-corrected chi connectivity index (χ3v) is 7.36. The molecule has 2 heterocycles. The highest BCUT2D eigenvalue weighted by molar-refractivity contribution is 7.91. The molecule has 4 atom stereocenters. The highest BCUT2D eigenvalue weighted by atomic mass is 32.2. The van der Waals surface area contributed by atoms with E-state index in [9.17, 15) is 28.2 Å². The van der Waals surface area contributed by atoms with Crippen LogP contribution in [-0.2, 0) is 19.6 Å². The lowest BCUT2D eigenvalue weighted by Gasteiger charge is -2.31. The first-order valence-corrected chi connectivity index (χ1v) is 10.9. The van der Waals surface area contributed by atoms with E-state index in [4.69, 9.17) is 0 Å². The Labute approximate surface area is 160 Å². The Kier molecular flexibility index (Phi) is 5.96. The minimum atomic E-state index is -3.90. The van der Waals surface area contributed by atoms with Crippen molar-refractivity contribution in [1.29, 1.82) is 0 Å². The second kappa shape index (κ2) is 8.07. The highest BCUT2D eigenvalue weighted by Gasteiger charge is 2.36. The first-order valence-electron chi connectivity index (χ1n) is 8.49. The van der Waals surface area contributed by atoms with E-state index in [0.29, 0.717) is 13.0 Å². The van der Waals surface area contributed by atoms with Crippen LogP contribution in [0.4, 0.5) is 0 Å². The molecule has 9 nitrogen and oxygen atoms in total. The van der Waals surface area contributed by atoms with Gasteiger partial charge in [-0.1, -0.05) is 12.1 Å². The summed E-state index contributed by atoms with van der Waals surface area (Å²) in [5.41, 5.74) is 0.116. The van der Waals surface area contributed by atoms with Crippen LogP contribution in [0.15, 0.2) is 33.4 Å². The molecule has 2 aliphatic rings. The second-order valence-corrected chi connectivity index (χ2v) is 9.38. The summed E-state index contributed by atoms with van der Waals surface area (Å²) in [6, 6.07) is 1.16. The summed E-state index contributed by atoms with van der Waals surface area (Å²) in [4.78, 5) is 24.3. The molecule has 148 valence electrons. The van der Waals surface area contributed by atoms with Crippen molar-refractivity contribution in [1.82, 2.24) is 15.4 Å². The van der Waals surface area contributed by atoms with Gasteiger partial charge in [0, 0.05) is 18.5 Å². The zero-order valence-corrected chi connectivity index (χ0v) is 15.9. The van der Waals surface area contributed by atoms with E-state index in [1.54, 1.807) is 11.4 Å². The van der Waals surface area contributed by atoms with Crippen molar-refractivity contribution < 1.29 is 28.2 Å². The number of aliphatic hydroxyl groups is 2. The minimum Gasteiger partial charge on any atom is -0.390 e. The molecule has 1 aromatic rings. The lowest BCUT2D eigenvalue weighted by atomic mass is 9.90. The fraction of sp³-hybridized carbons (Fsp3) is 0.500. The molecule has 1 aliphatic carbocycles. The van der Waals surface area contributed by atoms with Gasteiger partial charge in [0.15, 0.2) is 0 Å². The van der Waals surface area contributed by atoms with Crippen LogP contribution in [0.2, 0.25) is 0 Å². The van der Waals surface area contributed by atoms with Crippen molar-refractivity contribution in [3.63, 3.8) is 0 Å². The zero-order chi connectivity index (χ0) is 19.6. The standard InChI is InChI=1S/C16H21N3O6S2/c20-12-8-9(15(22)18-10-3-1-5-17-16(10)23)7-11(14(12)21)19-27(24,25)13-4-2-6-26-13/h2,4,6-7,10-12,14,19-21H,1,3,5,8H2,(H,17,23)(H,18,22)/t10-,11+,12-,14-/m1/s1. The van der Waals surface area contributed by atoms with Gasteiger partial charge in [-0.2, -0.15) is 0 Å². The van der Waals surface area contributed by atoms with E-state index in [1.807, 2.05) is 0 Å². The average Bonchev–Trinajstić information content (AvgIpc) is 3.16. The normalized spacial score (nSPS) is 29.0. The molecule has 2 amide bonds. The van der Waals surface area contributed by atoms with Crippen LogP contribution in [-0.4, -0.2) is 61.3 Å². The third-order valence-electron chi connectivity index (χ3n) is 4.51. The van der Waals surface area contributed by atoms with Gasteiger partial charge in [-0.3, -0.25) is 9.59 Å². The van der Waals surface area contributed by atoms with Gasteiger partial charge in [-0.25, -0.2) is 13.1 Å². The summed E-state index contributed by atoms with van der Waals surface area (Å²) < 4.78 is 27.1. The Hall–Kier alpha value is -1.79. The van der Waals surface area contributed by atoms with Gasteiger partial charge in [-0.15, -0.1) is 11.3 Å². The number of carbonyl (C=O) groups excluding carboxylic acids is 2. The van der Waals surface area contributed by atoms with Crippen molar-refractivity contribution in [3.8, 4) is 0 Å². The molecule has 11 heteroatoms. The van der Waals surface area contributed by atoms with Crippen LogP contribution in [0, 0.1) is 0 Å². The van der Waals surface area contributed by atoms with Crippen molar-refractivity contribution >= 4 is 33.2 Å². The Balaban J connectivity index is 1.76. The summed E-state index contributed by atoms with van der Waals surface area (Å²) >= 11 is 1.01. The van der Waals surface area contributed by atoms with E-state index < -0.39 is 40.2 Å². The molecule has 0 aromatic carbocycles. The first kappa shape index (κ1) is 20.0. The molecule has 0 unspecified atom stereocenters. The molecule has 1 fully saturated rings. The van der Waals surface area contributed by atoms with Crippen molar-refractivity contribution in [3.05, 3.63) is 29.2 Å². The van der Waals surface area contributed by atoms with Gasteiger partial charge >= 0.3 is 0 Å². The molecule has 1 saturated heterocycles.